The van der Waals surface area contributed by atoms with Crippen LogP contribution in [0.3, 0.4) is 0 Å². The smallest absolute Gasteiger partial charge is 0.264 e. The first-order valence-corrected chi connectivity index (χ1v) is 9.04. The van der Waals surface area contributed by atoms with Crippen LogP contribution in [0.5, 0.6) is 11.5 Å². The molecule has 0 saturated carbocycles. The van der Waals surface area contributed by atoms with Gasteiger partial charge in [0.1, 0.15) is 11.5 Å². The van der Waals surface area contributed by atoms with Crippen molar-refractivity contribution in [2.24, 2.45) is 0 Å². The largest absolute Gasteiger partial charge is 0.495 e. The number of nitrogens with one attached hydrogen (secondary N) is 1. The Balaban J connectivity index is 1.56. The lowest BCUT2D eigenvalue weighted by atomic mass is 10.2. The van der Waals surface area contributed by atoms with Crippen LogP contribution in [0.15, 0.2) is 51.5 Å². The van der Waals surface area contributed by atoms with Gasteiger partial charge in [-0.15, -0.1) is 0 Å². The highest BCUT2D eigenvalue weighted by Gasteiger charge is 2.14. The Labute approximate surface area is 168 Å². The van der Waals surface area contributed by atoms with Gasteiger partial charge in [0.2, 0.25) is 5.91 Å². The van der Waals surface area contributed by atoms with Crippen LogP contribution in [-0.2, 0) is 17.8 Å². The summed E-state index contributed by atoms with van der Waals surface area (Å²) in [6, 6.07) is 12.3. The van der Waals surface area contributed by atoms with Gasteiger partial charge in [-0.2, -0.15) is 4.98 Å². The maximum atomic E-state index is 12.2. The Kier molecular flexibility index (Phi) is 6.31. The molecule has 0 saturated heterocycles. The van der Waals surface area contributed by atoms with Gasteiger partial charge in [0.05, 0.1) is 23.7 Å². The number of benzene rings is 2. The molecule has 0 atom stereocenters. The Bertz CT molecular complexity index is 948. The van der Waals surface area contributed by atoms with Crippen LogP contribution in [0.1, 0.15) is 11.7 Å². The number of amides is 1. The van der Waals surface area contributed by atoms with Crippen molar-refractivity contribution in [2.45, 2.75) is 13.0 Å². The van der Waals surface area contributed by atoms with Gasteiger partial charge in [-0.3, -0.25) is 4.79 Å². The normalized spacial score (nSPS) is 10.5. The van der Waals surface area contributed by atoms with Crippen LogP contribution in [0.25, 0.3) is 0 Å². The topological polar surface area (TPSA) is 86.5 Å². The van der Waals surface area contributed by atoms with E-state index >= 15 is 0 Å². The molecule has 0 unspecified atom stereocenters. The van der Waals surface area contributed by atoms with Gasteiger partial charge in [-0.25, -0.2) is 0 Å². The fourth-order valence-electron chi connectivity index (χ4n) is 2.24. The number of hydrogen-bond acceptors (Lipinski definition) is 6. The van der Waals surface area contributed by atoms with Crippen molar-refractivity contribution < 1.29 is 18.8 Å². The highest BCUT2D eigenvalue weighted by Crippen LogP contribution is 2.28. The lowest BCUT2D eigenvalue weighted by molar-refractivity contribution is -0.115. The van der Waals surface area contributed by atoms with Gasteiger partial charge in [0.15, 0.2) is 12.4 Å². The maximum absolute atomic E-state index is 12.2. The van der Waals surface area contributed by atoms with E-state index < -0.39 is 0 Å². The number of anilines is 1. The van der Waals surface area contributed by atoms with Crippen LogP contribution in [0.4, 0.5) is 5.69 Å². The van der Waals surface area contributed by atoms with Crippen LogP contribution in [0.2, 0.25) is 5.02 Å². The number of halogens is 2. The number of carbonyl (C=O) groups is 1. The monoisotopic (exact) mass is 451 g/mol. The van der Waals surface area contributed by atoms with Crippen LogP contribution in [-0.4, -0.2) is 23.2 Å². The van der Waals surface area contributed by atoms with E-state index in [0.717, 1.165) is 0 Å². The van der Waals surface area contributed by atoms with Crippen LogP contribution >= 0.6 is 27.5 Å². The molecule has 0 aliphatic heterocycles. The molecule has 3 aromatic rings. The van der Waals surface area contributed by atoms with Crippen molar-refractivity contribution >= 4 is 39.1 Å². The van der Waals surface area contributed by atoms with Crippen molar-refractivity contribution in [3.63, 3.8) is 0 Å². The molecule has 0 bridgehead atoms. The number of nitrogens with zero attached hydrogens (tertiary/aromatic N) is 2. The number of para-hydroxylation sites is 2. The third-order valence-electron chi connectivity index (χ3n) is 3.45. The lowest BCUT2D eigenvalue weighted by Crippen LogP contribution is -2.15. The molecule has 0 spiro atoms. The van der Waals surface area contributed by atoms with Crippen molar-refractivity contribution in [2.75, 3.05) is 12.4 Å². The number of carbonyl (C=O) groups excluding carboxylic acids is 1. The van der Waals surface area contributed by atoms with Gasteiger partial charge in [-0.1, -0.05) is 28.9 Å². The molecular formula is C18H15BrClN3O4. The standard InChI is InChI=1S/C18H15BrClN3O4/c1-25-15-5-3-2-4-13(15)21-17(24)9-16-22-18(27-23-16)10-26-14-7-6-11(20)8-12(14)19/h2-8H,9-10H2,1H3,(H,21,24). The third-order valence-corrected chi connectivity index (χ3v) is 4.31. The fraction of sp³-hybridized carbons (Fsp3) is 0.167. The van der Waals surface area contributed by atoms with Gasteiger partial charge >= 0.3 is 0 Å². The second-order valence-corrected chi connectivity index (χ2v) is 6.68. The van der Waals surface area contributed by atoms with Gasteiger partial charge in [0.25, 0.3) is 5.89 Å². The third kappa shape index (κ3) is 5.21. The minimum atomic E-state index is -0.284. The summed E-state index contributed by atoms with van der Waals surface area (Å²) in [5.41, 5.74) is 0.574. The molecule has 2 aromatic carbocycles. The summed E-state index contributed by atoms with van der Waals surface area (Å²) in [4.78, 5) is 16.3. The minimum absolute atomic E-state index is 0.0355. The number of methoxy groups -OCH3 is 1. The molecule has 0 aliphatic carbocycles. The summed E-state index contributed by atoms with van der Waals surface area (Å²) < 4.78 is 16.6. The van der Waals surface area contributed by atoms with E-state index in [1.54, 1.807) is 36.4 Å². The summed E-state index contributed by atoms with van der Waals surface area (Å²) in [6.07, 6.45) is -0.0355. The first kappa shape index (κ1) is 19.2. The predicted octanol–water partition coefficient (Wildman–Crippen LogP) is 4.25. The highest BCUT2D eigenvalue weighted by atomic mass is 79.9. The summed E-state index contributed by atoms with van der Waals surface area (Å²) in [5, 5.41) is 7.15. The zero-order valence-electron chi connectivity index (χ0n) is 14.2. The molecule has 0 fully saturated rings. The van der Waals surface area contributed by atoms with E-state index in [4.69, 9.17) is 25.6 Å². The first-order valence-electron chi connectivity index (χ1n) is 7.87. The number of rotatable bonds is 7. The Hall–Kier alpha value is -2.58. The molecule has 140 valence electrons. The van der Waals surface area contributed by atoms with Crippen molar-refractivity contribution in [3.8, 4) is 11.5 Å². The SMILES string of the molecule is COc1ccccc1NC(=O)Cc1noc(COc2ccc(Cl)cc2Br)n1. The highest BCUT2D eigenvalue weighted by molar-refractivity contribution is 9.10. The van der Waals surface area contributed by atoms with Gasteiger partial charge in [-0.05, 0) is 46.3 Å². The van der Waals surface area contributed by atoms with Crippen molar-refractivity contribution in [1.82, 2.24) is 10.1 Å². The second-order valence-electron chi connectivity index (χ2n) is 5.39. The van der Waals surface area contributed by atoms with Crippen LogP contribution < -0.4 is 14.8 Å². The van der Waals surface area contributed by atoms with E-state index in [0.29, 0.717) is 26.7 Å². The Morgan fingerprint density at radius 2 is 2.07 bits per heavy atom. The van der Waals surface area contributed by atoms with E-state index in [1.807, 2.05) is 6.07 Å². The number of ether oxygens (including phenoxy) is 2. The van der Waals surface area contributed by atoms with Crippen molar-refractivity contribution in [3.05, 3.63) is 63.7 Å². The maximum Gasteiger partial charge on any atom is 0.264 e. The Morgan fingerprint density at radius 3 is 2.85 bits per heavy atom. The van der Waals surface area contributed by atoms with Crippen molar-refractivity contribution in [1.29, 1.82) is 0 Å². The molecule has 1 amide bonds. The second kappa shape index (κ2) is 8.88. The summed E-state index contributed by atoms with van der Waals surface area (Å²) in [6.45, 7) is 0.0708. The van der Waals surface area contributed by atoms with E-state index in [9.17, 15) is 4.79 Å². The molecule has 0 radical (unpaired) electrons. The summed E-state index contributed by atoms with van der Waals surface area (Å²) in [5.74, 6) is 1.40. The molecule has 9 heteroatoms. The molecule has 0 aliphatic rings. The molecular weight excluding hydrogens is 438 g/mol. The first-order chi connectivity index (χ1) is 13.0. The average Bonchev–Trinajstić information content (AvgIpc) is 3.08. The molecule has 27 heavy (non-hydrogen) atoms. The molecule has 1 N–H and O–H groups in total. The zero-order valence-corrected chi connectivity index (χ0v) is 16.6. The van der Waals surface area contributed by atoms with E-state index in [-0.39, 0.29) is 30.7 Å². The Morgan fingerprint density at radius 1 is 1.26 bits per heavy atom. The van der Waals surface area contributed by atoms with Gasteiger partial charge in [0, 0.05) is 5.02 Å². The minimum Gasteiger partial charge on any atom is -0.495 e. The van der Waals surface area contributed by atoms with E-state index in [2.05, 4.69) is 31.4 Å². The summed E-state index contributed by atoms with van der Waals surface area (Å²) in [7, 11) is 1.54. The molecule has 3 rings (SSSR count). The molecule has 7 nitrogen and oxygen atoms in total. The summed E-state index contributed by atoms with van der Waals surface area (Å²) >= 11 is 9.25. The quantitative estimate of drug-likeness (QED) is 0.576. The number of hydrogen-bond donors (Lipinski definition) is 1. The van der Waals surface area contributed by atoms with E-state index in [1.165, 1.54) is 7.11 Å². The van der Waals surface area contributed by atoms with Gasteiger partial charge < -0.3 is 19.3 Å². The fourth-order valence-corrected chi connectivity index (χ4v) is 3.04. The van der Waals surface area contributed by atoms with Crippen LogP contribution in [0, 0.1) is 0 Å². The zero-order chi connectivity index (χ0) is 19.2. The molecule has 1 aromatic heterocycles. The lowest BCUT2D eigenvalue weighted by Gasteiger charge is -2.08. The molecule has 1 heterocycles. The average molecular weight is 453 g/mol. The number of aromatic nitrogens is 2. The predicted molar refractivity (Wildman–Crippen MR) is 103 cm³/mol.